The molecule has 72 valence electrons. The number of halogens is 1. The van der Waals surface area contributed by atoms with Crippen molar-refractivity contribution in [2.75, 3.05) is 13.2 Å². The van der Waals surface area contributed by atoms with Crippen LogP contribution in [0.4, 0.5) is 0 Å². The van der Waals surface area contributed by atoms with Crippen LogP contribution in [0.25, 0.3) is 0 Å². The summed E-state index contributed by atoms with van der Waals surface area (Å²) in [5, 5.41) is 8.84. The molecule has 4 heteroatoms. The highest BCUT2D eigenvalue weighted by molar-refractivity contribution is 9.10. The number of ether oxygens (including phenoxy) is 2. The van der Waals surface area contributed by atoms with Crippen molar-refractivity contribution in [2.45, 2.75) is 6.10 Å². The summed E-state index contributed by atoms with van der Waals surface area (Å²) in [5.74, 6) is 0.617. The molecule has 1 aromatic carbocycles. The van der Waals surface area contributed by atoms with E-state index < -0.39 is 0 Å². The molecule has 0 aliphatic carbocycles. The molecule has 1 aromatic rings. The average molecular weight is 254 g/mol. The molecule has 0 saturated carbocycles. The van der Waals surface area contributed by atoms with Crippen LogP contribution in [0.3, 0.4) is 0 Å². The number of hydrogen-bond donors (Lipinski definition) is 0. The fourth-order valence-electron chi connectivity index (χ4n) is 1.06. The molecule has 1 aliphatic heterocycles. The fourth-order valence-corrected chi connectivity index (χ4v) is 1.42. The lowest BCUT2D eigenvalue weighted by Crippen LogP contribution is -2.05. The molecule has 0 amide bonds. The Kier molecular flexibility index (Phi) is 2.71. The van der Waals surface area contributed by atoms with Crippen molar-refractivity contribution in [1.29, 1.82) is 5.26 Å². The molecule has 0 N–H and O–H groups in total. The summed E-state index contributed by atoms with van der Waals surface area (Å²) in [5.41, 5.74) is 0.542. The molecule has 1 fully saturated rings. The SMILES string of the molecule is N#Cc1cc(Br)ccc1OC[C@H]1CO1. The van der Waals surface area contributed by atoms with Gasteiger partial charge in [0.2, 0.25) is 0 Å². The predicted octanol–water partition coefficient (Wildman–Crippen LogP) is 2.10. The Hall–Kier alpha value is -1.05. The lowest BCUT2D eigenvalue weighted by Gasteiger charge is -2.05. The largest absolute Gasteiger partial charge is 0.489 e. The third-order valence-electron chi connectivity index (χ3n) is 1.89. The number of rotatable bonds is 3. The van der Waals surface area contributed by atoms with E-state index in [1.165, 1.54) is 0 Å². The van der Waals surface area contributed by atoms with Gasteiger partial charge in [-0.25, -0.2) is 0 Å². The van der Waals surface area contributed by atoms with Gasteiger partial charge in [-0.3, -0.25) is 0 Å². The Bertz CT molecular complexity index is 382. The molecule has 2 rings (SSSR count). The Morgan fingerprint density at radius 3 is 3.07 bits per heavy atom. The fraction of sp³-hybridized carbons (Fsp3) is 0.300. The van der Waals surface area contributed by atoms with Crippen LogP contribution in [0.15, 0.2) is 22.7 Å². The van der Waals surface area contributed by atoms with Crippen LogP contribution >= 0.6 is 15.9 Å². The van der Waals surface area contributed by atoms with E-state index in [1.54, 1.807) is 12.1 Å². The molecule has 1 aliphatic rings. The van der Waals surface area contributed by atoms with E-state index in [9.17, 15) is 0 Å². The van der Waals surface area contributed by atoms with Crippen molar-refractivity contribution >= 4 is 15.9 Å². The highest BCUT2D eigenvalue weighted by atomic mass is 79.9. The van der Waals surface area contributed by atoms with Crippen LogP contribution in [-0.2, 0) is 4.74 Å². The highest BCUT2D eigenvalue weighted by Crippen LogP contribution is 2.23. The van der Waals surface area contributed by atoms with Crippen molar-refractivity contribution in [3.63, 3.8) is 0 Å². The van der Waals surface area contributed by atoms with Crippen LogP contribution < -0.4 is 4.74 Å². The van der Waals surface area contributed by atoms with Gasteiger partial charge in [-0.2, -0.15) is 5.26 Å². The molecule has 0 radical (unpaired) electrons. The smallest absolute Gasteiger partial charge is 0.137 e. The van der Waals surface area contributed by atoms with E-state index in [2.05, 4.69) is 22.0 Å². The van der Waals surface area contributed by atoms with Gasteiger partial charge in [-0.05, 0) is 18.2 Å². The molecule has 0 bridgehead atoms. The number of epoxide rings is 1. The Morgan fingerprint density at radius 1 is 1.64 bits per heavy atom. The van der Waals surface area contributed by atoms with Crippen LogP contribution in [0.1, 0.15) is 5.56 Å². The van der Waals surface area contributed by atoms with E-state index in [1.807, 2.05) is 6.07 Å². The average Bonchev–Trinajstić information content (AvgIpc) is 2.99. The second-order valence-electron chi connectivity index (χ2n) is 3.02. The minimum absolute atomic E-state index is 0.213. The lowest BCUT2D eigenvalue weighted by atomic mass is 10.2. The predicted molar refractivity (Wildman–Crippen MR) is 54.1 cm³/mol. The van der Waals surface area contributed by atoms with Crippen molar-refractivity contribution in [1.82, 2.24) is 0 Å². The van der Waals surface area contributed by atoms with Gasteiger partial charge in [0.05, 0.1) is 12.2 Å². The Morgan fingerprint density at radius 2 is 2.43 bits per heavy atom. The molecular weight excluding hydrogens is 246 g/mol. The summed E-state index contributed by atoms with van der Waals surface area (Å²) in [6.07, 6.45) is 0.213. The summed E-state index contributed by atoms with van der Waals surface area (Å²) in [6.45, 7) is 1.29. The van der Waals surface area contributed by atoms with Gasteiger partial charge in [0, 0.05) is 4.47 Å². The van der Waals surface area contributed by atoms with Gasteiger partial charge in [-0.1, -0.05) is 15.9 Å². The number of nitriles is 1. The van der Waals surface area contributed by atoms with Gasteiger partial charge < -0.3 is 9.47 Å². The standard InChI is InChI=1S/C10H8BrNO2/c11-8-1-2-10(7(3-8)4-12)14-6-9-5-13-9/h1-3,9H,5-6H2/t9-/m1/s1. The van der Waals surface area contributed by atoms with Crippen LogP contribution in [-0.4, -0.2) is 19.3 Å². The topological polar surface area (TPSA) is 45.5 Å². The van der Waals surface area contributed by atoms with E-state index in [-0.39, 0.29) is 6.10 Å². The van der Waals surface area contributed by atoms with Crippen molar-refractivity contribution in [3.8, 4) is 11.8 Å². The zero-order chi connectivity index (χ0) is 9.97. The second-order valence-corrected chi connectivity index (χ2v) is 3.93. The molecule has 1 saturated heterocycles. The van der Waals surface area contributed by atoms with Gasteiger partial charge in [-0.15, -0.1) is 0 Å². The first kappa shape index (κ1) is 9.50. The third-order valence-corrected chi connectivity index (χ3v) is 2.38. The van der Waals surface area contributed by atoms with Gasteiger partial charge >= 0.3 is 0 Å². The summed E-state index contributed by atoms with van der Waals surface area (Å²) in [6, 6.07) is 7.46. The molecule has 1 heterocycles. The van der Waals surface area contributed by atoms with Crippen LogP contribution in [0.2, 0.25) is 0 Å². The van der Waals surface area contributed by atoms with E-state index >= 15 is 0 Å². The molecule has 14 heavy (non-hydrogen) atoms. The second kappa shape index (κ2) is 3.99. The molecule has 3 nitrogen and oxygen atoms in total. The molecule has 0 aromatic heterocycles. The minimum Gasteiger partial charge on any atom is -0.489 e. The number of benzene rings is 1. The maximum Gasteiger partial charge on any atom is 0.137 e. The van der Waals surface area contributed by atoms with Crippen molar-refractivity contribution in [3.05, 3.63) is 28.2 Å². The Balaban J connectivity index is 2.10. The van der Waals surface area contributed by atoms with Gasteiger partial charge in [0.25, 0.3) is 0 Å². The maximum atomic E-state index is 8.84. The number of nitrogens with zero attached hydrogens (tertiary/aromatic N) is 1. The number of hydrogen-bond acceptors (Lipinski definition) is 3. The van der Waals surface area contributed by atoms with Gasteiger partial charge in [0.1, 0.15) is 24.5 Å². The molecule has 1 atom stereocenters. The summed E-state index contributed by atoms with van der Waals surface area (Å²) < 4.78 is 11.3. The van der Waals surface area contributed by atoms with E-state index in [0.717, 1.165) is 11.1 Å². The van der Waals surface area contributed by atoms with Gasteiger partial charge in [0.15, 0.2) is 0 Å². The summed E-state index contributed by atoms with van der Waals surface area (Å²) >= 11 is 3.30. The molecule has 0 spiro atoms. The van der Waals surface area contributed by atoms with Crippen LogP contribution in [0.5, 0.6) is 5.75 Å². The molecular formula is C10H8BrNO2. The maximum absolute atomic E-state index is 8.84. The van der Waals surface area contributed by atoms with E-state index in [0.29, 0.717) is 17.9 Å². The van der Waals surface area contributed by atoms with E-state index in [4.69, 9.17) is 14.7 Å². The first-order chi connectivity index (χ1) is 6.79. The summed E-state index contributed by atoms with van der Waals surface area (Å²) in [4.78, 5) is 0. The van der Waals surface area contributed by atoms with Crippen molar-refractivity contribution < 1.29 is 9.47 Å². The lowest BCUT2D eigenvalue weighted by molar-refractivity contribution is 0.262. The van der Waals surface area contributed by atoms with Crippen molar-refractivity contribution in [2.24, 2.45) is 0 Å². The zero-order valence-electron chi connectivity index (χ0n) is 7.37. The van der Waals surface area contributed by atoms with Crippen LogP contribution in [0, 0.1) is 11.3 Å². The minimum atomic E-state index is 0.213. The Labute approximate surface area is 90.4 Å². The first-order valence-corrected chi connectivity index (χ1v) is 5.03. The first-order valence-electron chi connectivity index (χ1n) is 4.23. The summed E-state index contributed by atoms with van der Waals surface area (Å²) in [7, 11) is 0. The monoisotopic (exact) mass is 253 g/mol. The molecule has 0 unspecified atom stereocenters. The quantitative estimate of drug-likeness (QED) is 0.776. The highest BCUT2D eigenvalue weighted by Gasteiger charge is 2.23. The third kappa shape index (κ3) is 2.25. The zero-order valence-corrected chi connectivity index (χ0v) is 8.95. The normalized spacial score (nSPS) is 18.7.